The molecule has 43 heavy (non-hydrogen) atoms. The molecular weight excluding hydrogens is 598 g/mol. The van der Waals surface area contributed by atoms with Gasteiger partial charge in [-0.25, -0.2) is 8.42 Å². The number of nitrogens with one attached hydrogen (secondary N) is 2. The molecule has 0 aromatic heterocycles. The molecule has 0 spiro atoms. The fourth-order valence-corrected chi connectivity index (χ4v) is 6.11. The van der Waals surface area contributed by atoms with Crippen molar-refractivity contribution in [3.8, 4) is 0 Å². The smallest absolute Gasteiger partial charge is 0.263 e. The van der Waals surface area contributed by atoms with Crippen LogP contribution < -0.4 is 10.0 Å². The molecule has 5 rings (SSSR count). The number of rotatable bonds is 9. The van der Waals surface area contributed by atoms with Gasteiger partial charge in [0.25, 0.3) is 15.9 Å². The van der Waals surface area contributed by atoms with E-state index < -0.39 is 10.0 Å². The molecule has 1 aliphatic heterocycles. The van der Waals surface area contributed by atoms with Crippen LogP contribution in [0.1, 0.15) is 27.8 Å². The average molecular weight is 628 g/mol. The van der Waals surface area contributed by atoms with Gasteiger partial charge in [0.1, 0.15) is 0 Å². The van der Waals surface area contributed by atoms with Crippen molar-refractivity contribution in [3.05, 3.63) is 148 Å². The number of hydrogen-bond donors (Lipinski definition) is 2. The highest BCUT2D eigenvalue weighted by Gasteiger charge is 2.28. The number of aryl methyl sites for hydroxylation is 1. The molecule has 1 amide bonds. The van der Waals surface area contributed by atoms with E-state index in [1.807, 2.05) is 85.8 Å². The summed E-state index contributed by atoms with van der Waals surface area (Å²) in [7, 11) is -3.85. The molecule has 0 aliphatic carbocycles. The third-order valence-electron chi connectivity index (χ3n) is 7.00. The van der Waals surface area contributed by atoms with Crippen molar-refractivity contribution in [3.63, 3.8) is 0 Å². The predicted octanol–water partition coefficient (Wildman–Crippen LogP) is 6.51. The standard InChI is InChI=1S/C34H30ClN3O3S2/c1-24-7-13-28(14-8-24)32-22-29(21-26-9-15-30(35)16-10-26)33(39)38(32)20-19-25-11-17-31(18-12-25)43(40,41)37-34(42)36-23-27-5-3-2-4-6-27/h2-18,21-22H,19-20,23H2,1H3,(H2,36,37,42)/b29-21-. The molecule has 4 aromatic carbocycles. The van der Waals surface area contributed by atoms with Crippen LogP contribution in [0.15, 0.2) is 120 Å². The molecule has 9 heteroatoms. The zero-order valence-electron chi connectivity index (χ0n) is 23.5. The van der Waals surface area contributed by atoms with E-state index in [9.17, 15) is 13.2 Å². The summed E-state index contributed by atoms with van der Waals surface area (Å²) in [6.45, 7) is 2.86. The summed E-state index contributed by atoms with van der Waals surface area (Å²) >= 11 is 11.2. The van der Waals surface area contributed by atoms with E-state index in [0.29, 0.717) is 30.1 Å². The Kier molecular flexibility index (Phi) is 9.40. The van der Waals surface area contributed by atoms with Crippen LogP contribution in [0.2, 0.25) is 5.02 Å². The normalized spacial score (nSPS) is 14.1. The molecule has 0 radical (unpaired) electrons. The second-order valence-corrected chi connectivity index (χ2v) is 12.7. The van der Waals surface area contributed by atoms with Crippen molar-refractivity contribution in [2.24, 2.45) is 0 Å². The molecule has 0 saturated carbocycles. The first kappa shape index (κ1) is 30.2. The largest absolute Gasteiger partial charge is 0.358 e. The van der Waals surface area contributed by atoms with Crippen LogP contribution in [0.3, 0.4) is 0 Å². The fraction of sp³-hybridized carbons (Fsp3) is 0.118. The number of carbonyl (C=O) groups excluding carboxylic acids is 1. The van der Waals surface area contributed by atoms with Crippen molar-refractivity contribution in [1.29, 1.82) is 0 Å². The lowest BCUT2D eigenvalue weighted by Crippen LogP contribution is -2.38. The van der Waals surface area contributed by atoms with Crippen molar-refractivity contribution >= 4 is 56.6 Å². The summed E-state index contributed by atoms with van der Waals surface area (Å²) in [5.74, 6) is -0.0922. The molecule has 1 heterocycles. The number of halogens is 1. The second-order valence-electron chi connectivity index (χ2n) is 10.2. The summed E-state index contributed by atoms with van der Waals surface area (Å²) in [4.78, 5) is 15.4. The van der Waals surface area contributed by atoms with Crippen LogP contribution in [0, 0.1) is 6.92 Å². The maximum atomic E-state index is 13.6. The first-order valence-electron chi connectivity index (χ1n) is 13.7. The Bertz CT molecular complexity index is 1780. The minimum absolute atomic E-state index is 0.0263. The zero-order chi connectivity index (χ0) is 30.4. The van der Waals surface area contributed by atoms with Gasteiger partial charge in [-0.3, -0.25) is 9.52 Å². The Labute approximate surface area is 262 Å². The molecule has 0 saturated heterocycles. The first-order valence-corrected chi connectivity index (χ1v) is 16.0. The van der Waals surface area contributed by atoms with Crippen LogP contribution in [0.5, 0.6) is 0 Å². The fourth-order valence-electron chi connectivity index (χ4n) is 4.65. The highest BCUT2D eigenvalue weighted by Crippen LogP contribution is 2.31. The van der Waals surface area contributed by atoms with Crippen LogP contribution in [-0.4, -0.2) is 30.9 Å². The highest BCUT2D eigenvalue weighted by atomic mass is 35.5. The Hall–Kier alpha value is -4.24. The molecule has 6 nitrogen and oxygen atoms in total. The van der Waals surface area contributed by atoms with Gasteiger partial charge in [-0.1, -0.05) is 96.0 Å². The predicted molar refractivity (Wildman–Crippen MR) is 177 cm³/mol. The van der Waals surface area contributed by atoms with Gasteiger partial charge in [0.15, 0.2) is 5.11 Å². The summed E-state index contributed by atoms with van der Waals surface area (Å²) in [5.41, 5.74) is 6.26. The Balaban J connectivity index is 1.26. The molecule has 0 unspecified atom stereocenters. The van der Waals surface area contributed by atoms with Gasteiger partial charge < -0.3 is 10.2 Å². The van der Waals surface area contributed by atoms with E-state index in [1.54, 1.807) is 41.3 Å². The Morgan fingerprint density at radius 2 is 1.56 bits per heavy atom. The number of hydrogen-bond acceptors (Lipinski definition) is 4. The van der Waals surface area contributed by atoms with Gasteiger partial charge in [-0.05, 0) is 84.2 Å². The van der Waals surface area contributed by atoms with Gasteiger partial charge in [-0.15, -0.1) is 0 Å². The number of thiocarbonyl (C=S) groups is 1. The van der Waals surface area contributed by atoms with E-state index in [0.717, 1.165) is 33.5 Å². The minimum atomic E-state index is -3.85. The number of amides is 1. The van der Waals surface area contributed by atoms with E-state index in [4.69, 9.17) is 23.8 Å². The molecule has 4 aromatic rings. The Morgan fingerprint density at radius 3 is 2.23 bits per heavy atom. The van der Waals surface area contributed by atoms with E-state index >= 15 is 0 Å². The summed E-state index contributed by atoms with van der Waals surface area (Å²) in [6.07, 6.45) is 4.31. The number of sulfonamides is 1. The number of carbonyl (C=O) groups is 1. The molecule has 218 valence electrons. The molecule has 0 atom stereocenters. The van der Waals surface area contributed by atoms with Gasteiger partial charge >= 0.3 is 0 Å². The van der Waals surface area contributed by atoms with Gasteiger partial charge in [-0.2, -0.15) is 0 Å². The zero-order valence-corrected chi connectivity index (χ0v) is 25.8. The van der Waals surface area contributed by atoms with Gasteiger partial charge in [0.05, 0.1) is 10.6 Å². The lowest BCUT2D eigenvalue weighted by molar-refractivity contribution is -0.122. The van der Waals surface area contributed by atoms with Crippen LogP contribution in [-0.2, 0) is 27.8 Å². The topological polar surface area (TPSA) is 78.5 Å². The molecule has 1 aliphatic rings. The lowest BCUT2D eigenvalue weighted by atomic mass is 10.1. The van der Waals surface area contributed by atoms with Crippen LogP contribution >= 0.6 is 23.8 Å². The molecular formula is C34H30ClN3O3S2. The van der Waals surface area contributed by atoms with Gasteiger partial charge in [0.2, 0.25) is 0 Å². The van der Waals surface area contributed by atoms with Crippen molar-refractivity contribution in [2.45, 2.75) is 24.8 Å². The monoisotopic (exact) mass is 627 g/mol. The summed E-state index contributed by atoms with van der Waals surface area (Å²) in [6, 6.07) is 31.6. The highest BCUT2D eigenvalue weighted by molar-refractivity contribution is 7.91. The van der Waals surface area contributed by atoms with Gasteiger partial charge in [0, 0.05) is 23.7 Å². The van der Waals surface area contributed by atoms with E-state index in [2.05, 4.69) is 10.0 Å². The second kappa shape index (κ2) is 13.4. The Morgan fingerprint density at radius 1 is 0.884 bits per heavy atom. The lowest BCUT2D eigenvalue weighted by Gasteiger charge is -2.21. The minimum Gasteiger partial charge on any atom is -0.358 e. The van der Waals surface area contributed by atoms with Crippen molar-refractivity contribution in [1.82, 2.24) is 14.9 Å². The number of benzene rings is 4. The summed E-state index contributed by atoms with van der Waals surface area (Å²) < 4.78 is 28.2. The number of nitrogens with zero attached hydrogens (tertiary/aromatic N) is 1. The quantitative estimate of drug-likeness (QED) is 0.163. The maximum Gasteiger partial charge on any atom is 0.263 e. The van der Waals surface area contributed by atoms with Crippen molar-refractivity contribution in [2.75, 3.05) is 6.54 Å². The molecule has 0 fully saturated rings. The maximum absolute atomic E-state index is 13.6. The summed E-state index contributed by atoms with van der Waals surface area (Å²) in [5, 5.41) is 3.58. The van der Waals surface area contributed by atoms with Crippen LogP contribution in [0.25, 0.3) is 11.8 Å². The molecule has 2 N–H and O–H groups in total. The molecule has 0 bridgehead atoms. The van der Waals surface area contributed by atoms with E-state index in [1.165, 1.54) is 0 Å². The third-order valence-corrected chi connectivity index (χ3v) is 8.99. The SMILES string of the molecule is Cc1ccc(C2=C/C(=C/c3ccc(Cl)cc3)C(=O)N2CCc2ccc(S(=O)(=O)NC(=S)NCc3ccccc3)cc2)cc1. The first-order chi connectivity index (χ1) is 20.7. The van der Waals surface area contributed by atoms with Crippen molar-refractivity contribution < 1.29 is 13.2 Å². The van der Waals surface area contributed by atoms with E-state index in [-0.39, 0.29) is 15.9 Å². The van der Waals surface area contributed by atoms with Crippen LogP contribution in [0.4, 0.5) is 0 Å². The third kappa shape index (κ3) is 7.78. The average Bonchev–Trinajstić information content (AvgIpc) is 3.31.